The molecule has 0 atom stereocenters. The highest BCUT2D eigenvalue weighted by molar-refractivity contribution is 6.31. The van der Waals surface area contributed by atoms with Crippen LogP contribution in [0.25, 0.3) is 0 Å². The lowest BCUT2D eigenvalue weighted by Crippen LogP contribution is -2.42. The van der Waals surface area contributed by atoms with E-state index in [1.165, 1.54) is 18.2 Å². The number of carbonyl (C=O) groups is 1. The van der Waals surface area contributed by atoms with E-state index in [0.717, 1.165) is 25.9 Å². The number of ketones is 1. The van der Waals surface area contributed by atoms with Gasteiger partial charge in [0, 0.05) is 30.6 Å². The van der Waals surface area contributed by atoms with Gasteiger partial charge in [-0.1, -0.05) is 11.6 Å². The molecule has 0 aromatic heterocycles. The number of nitrogens with two attached hydrogens (primary N) is 1. The summed E-state index contributed by atoms with van der Waals surface area (Å²) in [5.74, 6) is -0.306. The summed E-state index contributed by atoms with van der Waals surface area (Å²) < 4.78 is 13.1. The zero-order chi connectivity index (χ0) is 13.8. The second-order valence-corrected chi connectivity index (χ2v) is 5.47. The van der Waals surface area contributed by atoms with Gasteiger partial charge in [0.05, 0.1) is 6.54 Å². The molecule has 0 saturated carbocycles. The molecule has 0 unspecified atom stereocenters. The topological polar surface area (TPSA) is 46.3 Å². The van der Waals surface area contributed by atoms with Crippen molar-refractivity contribution in [2.24, 2.45) is 5.73 Å². The van der Waals surface area contributed by atoms with Crippen LogP contribution in [0.15, 0.2) is 18.2 Å². The lowest BCUT2D eigenvalue weighted by molar-refractivity contribution is -0.119. The predicted octanol–water partition coefficient (Wildman–Crippen LogP) is 2.01. The van der Waals surface area contributed by atoms with Gasteiger partial charge in [0.25, 0.3) is 0 Å². The number of benzene rings is 1. The van der Waals surface area contributed by atoms with E-state index < -0.39 is 0 Å². The van der Waals surface area contributed by atoms with E-state index in [2.05, 4.69) is 4.90 Å². The molecule has 0 bridgehead atoms. The Morgan fingerprint density at radius 1 is 1.42 bits per heavy atom. The van der Waals surface area contributed by atoms with Gasteiger partial charge in [-0.25, -0.2) is 4.39 Å². The Labute approximate surface area is 117 Å². The standard InChI is InChI=1S/C14H18ClFN2O/c15-14-2-1-11(16)7-10(14)8-13(19)9-18-5-3-12(17)4-6-18/h1-2,7,12H,3-6,8-9,17H2. The Morgan fingerprint density at radius 2 is 2.11 bits per heavy atom. The molecule has 2 N–H and O–H groups in total. The van der Waals surface area contributed by atoms with Crippen LogP contribution >= 0.6 is 11.6 Å². The summed E-state index contributed by atoms with van der Waals surface area (Å²) in [5.41, 5.74) is 6.37. The molecule has 1 aromatic rings. The predicted molar refractivity (Wildman–Crippen MR) is 73.8 cm³/mol. The maximum absolute atomic E-state index is 13.1. The van der Waals surface area contributed by atoms with Crippen molar-refractivity contribution < 1.29 is 9.18 Å². The molecule has 104 valence electrons. The molecule has 1 aromatic carbocycles. The van der Waals surface area contributed by atoms with E-state index in [1.54, 1.807) is 0 Å². The average Bonchev–Trinajstić information content (AvgIpc) is 2.37. The average molecular weight is 285 g/mol. The van der Waals surface area contributed by atoms with Crippen molar-refractivity contribution in [2.45, 2.75) is 25.3 Å². The summed E-state index contributed by atoms with van der Waals surface area (Å²) in [5, 5.41) is 0.440. The summed E-state index contributed by atoms with van der Waals surface area (Å²) in [6, 6.07) is 4.36. The first-order valence-electron chi connectivity index (χ1n) is 6.48. The number of piperidine rings is 1. The molecule has 0 radical (unpaired) electrons. The largest absolute Gasteiger partial charge is 0.328 e. The molecule has 1 saturated heterocycles. The smallest absolute Gasteiger partial charge is 0.151 e. The van der Waals surface area contributed by atoms with Gasteiger partial charge in [-0.3, -0.25) is 9.69 Å². The maximum atomic E-state index is 13.1. The number of hydrogen-bond donors (Lipinski definition) is 1. The normalized spacial score (nSPS) is 17.6. The van der Waals surface area contributed by atoms with Crippen LogP contribution in [-0.2, 0) is 11.2 Å². The minimum atomic E-state index is -0.365. The minimum absolute atomic E-state index is 0.0583. The van der Waals surface area contributed by atoms with Crippen molar-refractivity contribution in [2.75, 3.05) is 19.6 Å². The molecule has 0 amide bonds. The summed E-state index contributed by atoms with van der Waals surface area (Å²) >= 11 is 5.95. The second-order valence-electron chi connectivity index (χ2n) is 5.06. The van der Waals surface area contributed by atoms with Crippen molar-refractivity contribution >= 4 is 17.4 Å². The van der Waals surface area contributed by atoms with Crippen molar-refractivity contribution in [1.82, 2.24) is 4.90 Å². The summed E-state index contributed by atoms with van der Waals surface area (Å²) in [7, 11) is 0. The first-order valence-corrected chi connectivity index (χ1v) is 6.86. The van der Waals surface area contributed by atoms with Crippen LogP contribution in [0.5, 0.6) is 0 Å². The fraction of sp³-hybridized carbons (Fsp3) is 0.500. The molecule has 0 aliphatic carbocycles. The molecule has 19 heavy (non-hydrogen) atoms. The van der Waals surface area contributed by atoms with Crippen molar-refractivity contribution in [1.29, 1.82) is 0 Å². The molecule has 1 aliphatic heterocycles. The van der Waals surface area contributed by atoms with Gasteiger partial charge >= 0.3 is 0 Å². The molecule has 1 aliphatic rings. The van der Waals surface area contributed by atoms with E-state index in [0.29, 0.717) is 17.1 Å². The maximum Gasteiger partial charge on any atom is 0.151 e. The Morgan fingerprint density at radius 3 is 2.79 bits per heavy atom. The Bertz CT molecular complexity index is 459. The zero-order valence-corrected chi connectivity index (χ0v) is 11.5. The third-order valence-electron chi connectivity index (χ3n) is 3.43. The highest BCUT2D eigenvalue weighted by Gasteiger charge is 2.18. The van der Waals surface area contributed by atoms with E-state index >= 15 is 0 Å². The molecule has 3 nitrogen and oxygen atoms in total. The van der Waals surface area contributed by atoms with Crippen molar-refractivity contribution in [3.8, 4) is 0 Å². The zero-order valence-electron chi connectivity index (χ0n) is 10.7. The van der Waals surface area contributed by atoms with E-state index in [9.17, 15) is 9.18 Å². The van der Waals surface area contributed by atoms with E-state index in [4.69, 9.17) is 17.3 Å². The first-order chi connectivity index (χ1) is 9.04. The molecule has 0 spiro atoms. The van der Waals surface area contributed by atoms with Crippen LogP contribution in [0.1, 0.15) is 18.4 Å². The van der Waals surface area contributed by atoms with Gasteiger partial charge in [-0.15, -0.1) is 0 Å². The van der Waals surface area contributed by atoms with Gasteiger partial charge in [0.15, 0.2) is 5.78 Å². The molecule has 1 heterocycles. The SMILES string of the molecule is NC1CCN(CC(=O)Cc2cc(F)ccc2Cl)CC1. The lowest BCUT2D eigenvalue weighted by atomic mass is 10.0. The van der Waals surface area contributed by atoms with Crippen LogP contribution < -0.4 is 5.73 Å². The molecule has 2 rings (SSSR count). The van der Waals surface area contributed by atoms with E-state index in [-0.39, 0.29) is 24.1 Å². The van der Waals surface area contributed by atoms with Crippen molar-refractivity contribution in [3.05, 3.63) is 34.6 Å². The molecule has 1 fully saturated rings. The fourth-order valence-electron chi connectivity index (χ4n) is 2.31. The minimum Gasteiger partial charge on any atom is -0.328 e. The van der Waals surface area contributed by atoms with Crippen LogP contribution in [-0.4, -0.2) is 36.4 Å². The van der Waals surface area contributed by atoms with Crippen LogP contribution in [0.2, 0.25) is 5.02 Å². The summed E-state index contributed by atoms with van der Waals surface area (Å²) in [4.78, 5) is 14.1. The Hall–Kier alpha value is -0.970. The fourth-order valence-corrected chi connectivity index (χ4v) is 2.49. The quantitative estimate of drug-likeness (QED) is 0.920. The van der Waals surface area contributed by atoms with Gasteiger partial charge < -0.3 is 5.73 Å². The summed E-state index contributed by atoms with van der Waals surface area (Å²) in [6.45, 7) is 2.09. The van der Waals surface area contributed by atoms with Crippen LogP contribution in [0, 0.1) is 5.82 Å². The third kappa shape index (κ3) is 4.27. The number of nitrogens with zero attached hydrogens (tertiary/aromatic N) is 1. The monoisotopic (exact) mass is 284 g/mol. The van der Waals surface area contributed by atoms with Crippen molar-refractivity contribution in [3.63, 3.8) is 0 Å². The summed E-state index contributed by atoms with van der Waals surface area (Å²) in [6.07, 6.45) is 2.03. The van der Waals surface area contributed by atoms with Crippen LogP contribution in [0.4, 0.5) is 4.39 Å². The van der Waals surface area contributed by atoms with Gasteiger partial charge in [-0.05, 0) is 36.6 Å². The Kier molecular flexibility index (Phi) is 4.91. The molecular formula is C14H18ClFN2O. The first kappa shape index (κ1) is 14.4. The highest BCUT2D eigenvalue weighted by atomic mass is 35.5. The number of carbonyl (C=O) groups excluding carboxylic acids is 1. The van der Waals surface area contributed by atoms with Gasteiger partial charge in [-0.2, -0.15) is 0 Å². The number of hydrogen-bond acceptors (Lipinski definition) is 3. The number of halogens is 2. The van der Waals surface area contributed by atoms with Gasteiger partial charge in [0.2, 0.25) is 0 Å². The third-order valence-corrected chi connectivity index (χ3v) is 3.80. The lowest BCUT2D eigenvalue weighted by Gasteiger charge is -2.29. The second kappa shape index (κ2) is 6.46. The van der Waals surface area contributed by atoms with Crippen LogP contribution in [0.3, 0.4) is 0 Å². The number of likely N-dealkylation sites (tertiary alicyclic amines) is 1. The molecule has 5 heteroatoms. The number of rotatable bonds is 4. The highest BCUT2D eigenvalue weighted by Crippen LogP contribution is 2.18. The Balaban J connectivity index is 1.89. The van der Waals surface area contributed by atoms with E-state index in [1.807, 2.05) is 0 Å². The number of Topliss-reactive ketones (excluding diaryl/α,β-unsaturated/α-hetero) is 1. The molecular weight excluding hydrogens is 267 g/mol. The van der Waals surface area contributed by atoms with Gasteiger partial charge in [0.1, 0.15) is 5.82 Å².